The maximum Gasteiger partial charge on any atom is 0.280 e. The van der Waals surface area contributed by atoms with Crippen molar-refractivity contribution < 1.29 is 14.0 Å². The standard InChI is InChI=1S/C19H17N5O3S/c1-2-25-14-5-3-12(4-6-14)16-9-24-15(10-26-16)17(21-23-24)19-20-18(22-27-19)13-7-8-28-11-13/h3-8,11,16H,2,9-10H2,1H3/t16-/m0/s1. The quantitative estimate of drug-likeness (QED) is 0.509. The number of hydrogen-bond donors (Lipinski definition) is 0. The molecule has 0 N–H and O–H groups in total. The van der Waals surface area contributed by atoms with E-state index in [-0.39, 0.29) is 6.10 Å². The van der Waals surface area contributed by atoms with Crippen molar-refractivity contribution in [1.29, 1.82) is 0 Å². The molecule has 4 aromatic rings. The molecule has 0 unspecified atom stereocenters. The van der Waals surface area contributed by atoms with Gasteiger partial charge < -0.3 is 14.0 Å². The van der Waals surface area contributed by atoms with Crippen LogP contribution in [0.4, 0.5) is 0 Å². The van der Waals surface area contributed by atoms with Crippen LogP contribution < -0.4 is 4.74 Å². The van der Waals surface area contributed by atoms with Crippen LogP contribution in [-0.2, 0) is 17.9 Å². The van der Waals surface area contributed by atoms with E-state index in [1.165, 1.54) is 0 Å². The predicted octanol–water partition coefficient (Wildman–Crippen LogP) is 3.73. The van der Waals surface area contributed by atoms with Crippen LogP contribution >= 0.6 is 11.3 Å². The Hall–Kier alpha value is -3.04. The van der Waals surface area contributed by atoms with E-state index in [1.54, 1.807) is 11.3 Å². The number of fused-ring (bicyclic) bond motifs is 1. The molecule has 1 atom stereocenters. The zero-order valence-electron chi connectivity index (χ0n) is 15.1. The monoisotopic (exact) mass is 395 g/mol. The summed E-state index contributed by atoms with van der Waals surface area (Å²) in [4.78, 5) is 4.45. The summed E-state index contributed by atoms with van der Waals surface area (Å²) in [5.41, 5.74) is 3.40. The second-order valence-corrected chi connectivity index (χ2v) is 7.08. The van der Waals surface area contributed by atoms with E-state index in [9.17, 15) is 0 Å². The van der Waals surface area contributed by atoms with Crippen molar-refractivity contribution in [3.8, 4) is 28.7 Å². The third-order valence-corrected chi connectivity index (χ3v) is 5.25. The van der Waals surface area contributed by atoms with Gasteiger partial charge in [0.15, 0.2) is 5.69 Å². The van der Waals surface area contributed by atoms with E-state index in [0.29, 0.717) is 37.2 Å². The molecule has 0 saturated carbocycles. The molecule has 1 aliphatic rings. The average Bonchev–Trinajstić information content (AvgIpc) is 3.47. The third-order valence-electron chi connectivity index (χ3n) is 4.57. The fraction of sp³-hybridized carbons (Fsp3) is 0.263. The summed E-state index contributed by atoms with van der Waals surface area (Å²) >= 11 is 1.58. The summed E-state index contributed by atoms with van der Waals surface area (Å²) in [5, 5.41) is 16.5. The van der Waals surface area contributed by atoms with Crippen molar-refractivity contribution in [2.75, 3.05) is 6.61 Å². The molecule has 3 aromatic heterocycles. The average molecular weight is 395 g/mol. The molecule has 9 heteroatoms. The second-order valence-electron chi connectivity index (χ2n) is 6.30. The number of nitrogens with zero attached hydrogens (tertiary/aromatic N) is 5. The van der Waals surface area contributed by atoms with E-state index in [0.717, 1.165) is 22.6 Å². The molecule has 0 fully saturated rings. The summed E-state index contributed by atoms with van der Waals surface area (Å²) in [6.07, 6.45) is -0.0956. The molecule has 0 saturated heterocycles. The lowest BCUT2D eigenvalue weighted by molar-refractivity contribution is -0.00119. The van der Waals surface area contributed by atoms with Gasteiger partial charge in [-0.15, -0.1) is 5.10 Å². The lowest BCUT2D eigenvalue weighted by Crippen LogP contribution is -2.22. The van der Waals surface area contributed by atoms with Gasteiger partial charge >= 0.3 is 0 Å². The van der Waals surface area contributed by atoms with Gasteiger partial charge in [-0.05, 0) is 36.1 Å². The lowest BCUT2D eigenvalue weighted by Gasteiger charge is -2.24. The molecule has 0 radical (unpaired) electrons. The van der Waals surface area contributed by atoms with Crippen LogP contribution in [0.1, 0.15) is 24.3 Å². The molecular weight excluding hydrogens is 378 g/mol. The van der Waals surface area contributed by atoms with Crippen LogP contribution in [0.5, 0.6) is 5.75 Å². The van der Waals surface area contributed by atoms with Crippen molar-refractivity contribution >= 4 is 11.3 Å². The van der Waals surface area contributed by atoms with Crippen LogP contribution in [0.25, 0.3) is 23.0 Å². The van der Waals surface area contributed by atoms with Gasteiger partial charge in [-0.25, -0.2) is 4.68 Å². The van der Waals surface area contributed by atoms with Gasteiger partial charge in [-0.1, -0.05) is 22.5 Å². The number of thiophene rings is 1. The SMILES string of the molecule is CCOc1ccc([C@@H]2Cn3nnc(-c4nc(-c5ccsc5)no4)c3CO2)cc1. The molecule has 5 rings (SSSR count). The predicted molar refractivity (Wildman–Crippen MR) is 102 cm³/mol. The highest BCUT2D eigenvalue weighted by Crippen LogP contribution is 2.31. The Labute approximate surface area is 164 Å². The zero-order chi connectivity index (χ0) is 18.9. The largest absolute Gasteiger partial charge is 0.494 e. The lowest BCUT2D eigenvalue weighted by atomic mass is 10.1. The van der Waals surface area contributed by atoms with Crippen molar-refractivity contribution in [1.82, 2.24) is 25.1 Å². The fourth-order valence-corrected chi connectivity index (χ4v) is 3.79. The Kier molecular flexibility index (Phi) is 4.38. The highest BCUT2D eigenvalue weighted by Gasteiger charge is 2.28. The van der Waals surface area contributed by atoms with Crippen LogP contribution in [0.15, 0.2) is 45.6 Å². The van der Waals surface area contributed by atoms with Gasteiger partial charge in [-0.3, -0.25) is 0 Å². The molecule has 8 nitrogen and oxygen atoms in total. The first kappa shape index (κ1) is 17.1. The summed E-state index contributed by atoms with van der Waals surface area (Å²) in [7, 11) is 0. The van der Waals surface area contributed by atoms with Gasteiger partial charge in [0.05, 0.1) is 25.5 Å². The Bertz CT molecular complexity index is 1070. The van der Waals surface area contributed by atoms with Gasteiger partial charge in [0, 0.05) is 10.9 Å². The van der Waals surface area contributed by atoms with E-state index in [2.05, 4.69) is 20.5 Å². The Morgan fingerprint density at radius 1 is 1.25 bits per heavy atom. The summed E-state index contributed by atoms with van der Waals surface area (Å²) < 4.78 is 18.8. The normalized spacial score (nSPS) is 16.1. The summed E-state index contributed by atoms with van der Waals surface area (Å²) in [6, 6.07) is 9.89. The van der Waals surface area contributed by atoms with Crippen molar-refractivity contribution in [3.05, 3.63) is 52.3 Å². The maximum absolute atomic E-state index is 6.06. The molecule has 1 aliphatic heterocycles. The van der Waals surface area contributed by atoms with Gasteiger partial charge in [0.25, 0.3) is 5.89 Å². The summed E-state index contributed by atoms with van der Waals surface area (Å²) in [6.45, 7) is 3.56. The van der Waals surface area contributed by atoms with Crippen LogP contribution in [0.3, 0.4) is 0 Å². The Morgan fingerprint density at radius 3 is 2.93 bits per heavy atom. The fourth-order valence-electron chi connectivity index (χ4n) is 3.15. The number of ether oxygens (including phenoxy) is 2. The minimum absolute atomic E-state index is 0.0956. The van der Waals surface area contributed by atoms with Crippen molar-refractivity contribution in [3.63, 3.8) is 0 Å². The highest BCUT2D eigenvalue weighted by atomic mass is 32.1. The van der Waals surface area contributed by atoms with E-state index in [4.69, 9.17) is 14.0 Å². The minimum Gasteiger partial charge on any atom is -0.494 e. The zero-order valence-corrected chi connectivity index (χ0v) is 15.9. The topological polar surface area (TPSA) is 88.1 Å². The van der Waals surface area contributed by atoms with E-state index < -0.39 is 0 Å². The van der Waals surface area contributed by atoms with E-state index >= 15 is 0 Å². The number of rotatable bonds is 5. The molecular formula is C19H17N5O3S. The molecule has 142 valence electrons. The Balaban J connectivity index is 1.37. The third kappa shape index (κ3) is 3.08. The van der Waals surface area contributed by atoms with Crippen LogP contribution in [-0.4, -0.2) is 31.7 Å². The number of benzene rings is 1. The van der Waals surface area contributed by atoms with Gasteiger partial charge in [0.2, 0.25) is 5.82 Å². The van der Waals surface area contributed by atoms with Gasteiger partial charge in [-0.2, -0.15) is 16.3 Å². The number of aromatic nitrogens is 5. The first-order valence-electron chi connectivity index (χ1n) is 8.95. The van der Waals surface area contributed by atoms with E-state index in [1.807, 2.05) is 52.7 Å². The minimum atomic E-state index is -0.0956. The Morgan fingerprint density at radius 2 is 2.14 bits per heavy atom. The molecule has 0 bridgehead atoms. The summed E-state index contributed by atoms with van der Waals surface area (Å²) in [5.74, 6) is 1.75. The van der Waals surface area contributed by atoms with Crippen LogP contribution in [0, 0.1) is 0 Å². The second kappa shape index (κ2) is 7.17. The molecule has 28 heavy (non-hydrogen) atoms. The number of hydrogen-bond acceptors (Lipinski definition) is 8. The molecule has 0 aliphatic carbocycles. The molecule has 0 amide bonds. The smallest absolute Gasteiger partial charge is 0.280 e. The maximum atomic E-state index is 6.06. The van der Waals surface area contributed by atoms with Gasteiger partial charge in [0.1, 0.15) is 11.9 Å². The molecule has 1 aromatic carbocycles. The van der Waals surface area contributed by atoms with Crippen LogP contribution in [0.2, 0.25) is 0 Å². The molecule has 4 heterocycles. The first-order valence-corrected chi connectivity index (χ1v) is 9.89. The molecule has 0 spiro atoms. The highest BCUT2D eigenvalue weighted by molar-refractivity contribution is 7.08. The van der Waals surface area contributed by atoms with Crippen molar-refractivity contribution in [2.45, 2.75) is 26.2 Å². The first-order chi connectivity index (χ1) is 13.8. The van der Waals surface area contributed by atoms with Crippen molar-refractivity contribution in [2.24, 2.45) is 0 Å².